The average Bonchev–Trinajstić information content (AvgIpc) is 3.27. The largest absolute Gasteiger partial charge is 0.756 e. The van der Waals surface area contributed by atoms with Crippen LogP contribution in [0, 0.1) is 0 Å². The molecule has 0 bridgehead atoms. The summed E-state index contributed by atoms with van der Waals surface area (Å²) in [5.74, 6) is -0.837. The lowest BCUT2D eigenvalue weighted by molar-refractivity contribution is -0.870. The summed E-state index contributed by atoms with van der Waals surface area (Å²) < 4.78 is 34.1. The number of quaternary nitrogens is 1. The fourth-order valence-electron chi connectivity index (χ4n) is 7.84. The molecule has 0 amide bonds. The smallest absolute Gasteiger partial charge is 0.306 e. The maximum atomic E-state index is 12.8. The van der Waals surface area contributed by atoms with E-state index in [1.807, 2.05) is 21.1 Å². The van der Waals surface area contributed by atoms with Crippen molar-refractivity contribution in [3.05, 3.63) is 36.5 Å². The van der Waals surface area contributed by atoms with Crippen LogP contribution in [0.2, 0.25) is 0 Å². The van der Waals surface area contributed by atoms with Gasteiger partial charge in [0.05, 0.1) is 27.7 Å². The van der Waals surface area contributed by atoms with Crippen molar-refractivity contribution in [2.45, 2.75) is 264 Å². The van der Waals surface area contributed by atoms with Gasteiger partial charge in [0, 0.05) is 12.8 Å². The third-order valence-corrected chi connectivity index (χ3v) is 13.1. The molecular weight excluding hydrogens is 846 g/mol. The van der Waals surface area contributed by atoms with Gasteiger partial charge in [-0.25, -0.2) is 0 Å². The normalized spacial score (nSPS) is 13.6. The van der Waals surface area contributed by atoms with Crippen LogP contribution in [-0.2, 0) is 32.7 Å². The number of rotatable bonds is 51. The minimum Gasteiger partial charge on any atom is -0.756 e. The van der Waals surface area contributed by atoms with Crippen LogP contribution in [0.3, 0.4) is 0 Å². The predicted octanol–water partition coefficient (Wildman–Crippen LogP) is 16.2. The molecule has 0 spiro atoms. The molecule has 10 heteroatoms. The van der Waals surface area contributed by atoms with Gasteiger partial charge in [-0.05, 0) is 51.4 Å². The first-order chi connectivity index (χ1) is 32.0. The number of hydrogen-bond acceptors (Lipinski definition) is 8. The van der Waals surface area contributed by atoms with Crippen LogP contribution in [0.15, 0.2) is 36.5 Å². The Bertz CT molecular complexity index is 1210. The first-order valence-electron chi connectivity index (χ1n) is 27.7. The van der Waals surface area contributed by atoms with Crippen molar-refractivity contribution in [3.63, 3.8) is 0 Å². The van der Waals surface area contributed by atoms with E-state index in [0.717, 1.165) is 70.6 Å². The lowest BCUT2D eigenvalue weighted by Gasteiger charge is -2.28. The second kappa shape index (κ2) is 48.3. The van der Waals surface area contributed by atoms with Crippen molar-refractivity contribution in [3.8, 4) is 0 Å². The van der Waals surface area contributed by atoms with Crippen LogP contribution in [-0.4, -0.2) is 70.0 Å². The minimum absolute atomic E-state index is 0.0326. The molecule has 0 saturated carbocycles. The van der Waals surface area contributed by atoms with Gasteiger partial charge in [0.25, 0.3) is 7.82 Å². The SMILES string of the molecule is CCCCCCC/C=C\C/C=C\C/C=C\CCCCCCCCC(=O)OC(COC(=O)CCCCCCCCCCCCCCCCCCCCCCC)COP(=O)([O-])OCC[N+](C)(C)C. The maximum absolute atomic E-state index is 12.8. The Morgan fingerprint density at radius 1 is 0.470 bits per heavy atom. The van der Waals surface area contributed by atoms with Gasteiger partial charge >= 0.3 is 11.9 Å². The molecule has 0 N–H and O–H groups in total. The molecule has 0 aromatic rings. The predicted molar refractivity (Wildman–Crippen MR) is 277 cm³/mol. The Hall–Kier alpha value is -1.77. The Morgan fingerprint density at radius 3 is 1.21 bits per heavy atom. The third kappa shape index (κ3) is 51.6. The Balaban J connectivity index is 4.21. The summed E-state index contributed by atoms with van der Waals surface area (Å²) >= 11 is 0. The number of allylic oxidation sites excluding steroid dienone is 6. The van der Waals surface area contributed by atoms with E-state index in [2.05, 4.69) is 50.3 Å². The zero-order valence-electron chi connectivity index (χ0n) is 43.9. The van der Waals surface area contributed by atoms with Crippen molar-refractivity contribution < 1.29 is 42.1 Å². The topological polar surface area (TPSA) is 111 Å². The molecule has 0 aliphatic heterocycles. The number of phosphoric ester groups is 1. The molecule has 0 aromatic carbocycles. The van der Waals surface area contributed by atoms with Crippen LogP contribution < -0.4 is 4.89 Å². The van der Waals surface area contributed by atoms with Gasteiger partial charge in [0.1, 0.15) is 19.8 Å². The summed E-state index contributed by atoms with van der Waals surface area (Å²) in [5, 5.41) is 0. The van der Waals surface area contributed by atoms with Crippen molar-refractivity contribution in [1.82, 2.24) is 0 Å². The first kappa shape index (κ1) is 64.2. The molecule has 0 fully saturated rings. The third-order valence-electron chi connectivity index (χ3n) is 12.2. The molecule has 388 valence electrons. The van der Waals surface area contributed by atoms with Crippen LogP contribution in [0.4, 0.5) is 0 Å². The van der Waals surface area contributed by atoms with Crippen molar-refractivity contribution in [1.29, 1.82) is 0 Å². The molecule has 0 rings (SSSR count). The van der Waals surface area contributed by atoms with Crippen LogP contribution in [0.5, 0.6) is 0 Å². The van der Waals surface area contributed by atoms with Crippen LogP contribution in [0.25, 0.3) is 0 Å². The van der Waals surface area contributed by atoms with Gasteiger partial charge in [0.2, 0.25) is 0 Å². The Labute approximate surface area is 408 Å². The molecule has 0 aromatic heterocycles. The summed E-state index contributed by atoms with van der Waals surface area (Å²) in [6.45, 7) is 4.25. The zero-order valence-corrected chi connectivity index (χ0v) is 44.8. The second-order valence-electron chi connectivity index (χ2n) is 20.0. The summed E-state index contributed by atoms with van der Waals surface area (Å²) in [5.41, 5.74) is 0. The van der Waals surface area contributed by atoms with E-state index < -0.39 is 26.5 Å². The van der Waals surface area contributed by atoms with Gasteiger partial charge in [-0.3, -0.25) is 14.2 Å². The Kier molecular flexibility index (Phi) is 47.0. The highest BCUT2D eigenvalue weighted by Crippen LogP contribution is 2.38. The summed E-state index contributed by atoms with van der Waals surface area (Å²) in [7, 11) is 1.16. The molecule has 0 radical (unpaired) electrons. The summed E-state index contributed by atoms with van der Waals surface area (Å²) in [4.78, 5) is 37.8. The molecule has 0 aliphatic carbocycles. The van der Waals surface area contributed by atoms with Gasteiger partial charge in [-0.1, -0.05) is 230 Å². The van der Waals surface area contributed by atoms with Crippen molar-refractivity contribution in [2.24, 2.45) is 0 Å². The number of carbonyl (C=O) groups is 2. The second-order valence-corrected chi connectivity index (χ2v) is 21.4. The molecule has 9 nitrogen and oxygen atoms in total. The lowest BCUT2D eigenvalue weighted by atomic mass is 10.0. The molecule has 0 saturated heterocycles. The highest BCUT2D eigenvalue weighted by Gasteiger charge is 2.21. The number of ether oxygens (including phenoxy) is 2. The lowest BCUT2D eigenvalue weighted by Crippen LogP contribution is -2.37. The molecule has 66 heavy (non-hydrogen) atoms. The van der Waals surface area contributed by atoms with E-state index in [-0.39, 0.29) is 32.0 Å². The number of unbranched alkanes of at least 4 members (excludes halogenated alkanes) is 31. The molecule has 2 atom stereocenters. The highest BCUT2D eigenvalue weighted by molar-refractivity contribution is 7.45. The highest BCUT2D eigenvalue weighted by atomic mass is 31.2. The first-order valence-corrected chi connectivity index (χ1v) is 29.2. The van der Waals surface area contributed by atoms with Gasteiger partial charge in [0.15, 0.2) is 6.10 Å². The molecule has 2 unspecified atom stereocenters. The fraction of sp³-hybridized carbons (Fsp3) is 0.857. The van der Waals surface area contributed by atoms with E-state index in [4.69, 9.17) is 18.5 Å². The van der Waals surface area contributed by atoms with E-state index in [1.165, 1.54) is 154 Å². The Morgan fingerprint density at radius 2 is 0.818 bits per heavy atom. The van der Waals surface area contributed by atoms with Gasteiger partial charge < -0.3 is 27.9 Å². The van der Waals surface area contributed by atoms with Gasteiger partial charge in [-0.15, -0.1) is 0 Å². The van der Waals surface area contributed by atoms with Crippen molar-refractivity contribution >= 4 is 19.8 Å². The van der Waals surface area contributed by atoms with Crippen molar-refractivity contribution in [2.75, 3.05) is 47.5 Å². The number of esters is 2. The number of phosphoric acid groups is 1. The minimum atomic E-state index is -4.64. The summed E-state index contributed by atoms with van der Waals surface area (Å²) in [6, 6.07) is 0. The molecule has 0 heterocycles. The zero-order chi connectivity index (χ0) is 48.5. The summed E-state index contributed by atoms with van der Waals surface area (Å²) in [6.07, 6.45) is 57.5. The van der Waals surface area contributed by atoms with E-state index in [0.29, 0.717) is 17.4 Å². The number of likely N-dealkylation sites (N-methyl/N-ethyl adjacent to an activating group) is 1. The van der Waals surface area contributed by atoms with E-state index >= 15 is 0 Å². The van der Waals surface area contributed by atoms with E-state index in [9.17, 15) is 19.0 Å². The maximum Gasteiger partial charge on any atom is 0.306 e. The molecule has 0 aliphatic rings. The number of nitrogens with zero attached hydrogens (tertiary/aromatic N) is 1. The monoisotopic (exact) mass is 952 g/mol. The van der Waals surface area contributed by atoms with E-state index in [1.54, 1.807) is 0 Å². The number of carbonyl (C=O) groups excluding carboxylic acids is 2. The average molecular weight is 952 g/mol. The fourth-order valence-corrected chi connectivity index (χ4v) is 8.57. The quantitative estimate of drug-likeness (QED) is 0.0195. The number of hydrogen-bond donors (Lipinski definition) is 0. The molecular formula is C56H106NO8P. The van der Waals surface area contributed by atoms with Gasteiger partial charge in [-0.2, -0.15) is 0 Å². The van der Waals surface area contributed by atoms with Crippen LogP contribution in [0.1, 0.15) is 258 Å². The van der Waals surface area contributed by atoms with Crippen LogP contribution >= 0.6 is 7.82 Å². The standard InChI is InChI=1S/C56H106NO8P/c1-6-8-10-12-14-16-18-20-22-24-26-28-30-32-34-36-38-40-42-44-46-48-55(58)62-52-54(53-64-66(60,61)63-51-50-57(3,4)5)65-56(59)49-47-45-43-41-39-37-35-33-31-29-27-25-23-21-19-17-15-13-11-9-7-2/h19,21,25,27,31,33,54H,6-18,20,22-24,26,28-30,32,34-53H2,1-5H3/b21-19-,27-25-,33-31-.